The Balaban J connectivity index is 2.16. The molecule has 26 heavy (non-hydrogen) atoms. The predicted molar refractivity (Wildman–Crippen MR) is 104 cm³/mol. The molecule has 0 aliphatic rings. The van der Waals surface area contributed by atoms with Gasteiger partial charge < -0.3 is 9.84 Å². The smallest absolute Gasteiger partial charge is 0.345 e. The molecule has 0 saturated heterocycles. The molecule has 2 aromatic carbocycles. The van der Waals surface area contributed by atoms with E-state index in [1.54, 1.807) is 24.4 Å². The Kier molecular flexibility index (Phi) is 4.88. The van der Waals surface area contributed by atoms with Gasteiger partial charge in [-0.3, -0.25) is 4.98 Å². The number of fused-ring (bicyclic) bond motifs is 1. The zero-order valence-electron chi connectivity index (χ0n) is 14.9. The lowest BCUT2D eigenvalue weighted by molar-refractivity contribution is -0.150. The lowest BCUT2D eigenvalue weighted by atomic mass is 9.89. The third-order valence-corrected chi connectivity index (χ3v) is 4.36. The van der Waals surface area contributed by atoms with Crippen LogP contribution < -0.4 is 4.74 Å². The van der Waals surface area contributed by atoms with Crippen molar-refractivity contribution in [1.29, 1.82) is 0 Å². The van der Waals surface area contributed by atoms with Gasteiger partial charge in [0.25, 0.3) is 0 Å². The van der Waals surface area contributed by atoms with Crippen molar-refractivity contribution in [1.82, 2.24) is 4.98 Å². The summed E-state index contributed by atoms with van der Waals surface area (Å²) in [5.41, 5.74) is 1.81. The van der Waals surface area contributed by atoms with Crippen LogP contribution in [0.5, 0.6) is 5.75 Å². The number of hydrogen-bond acceptors (Lipinski definition) is 3. The Morgan fingerprint density at radius 3 is 2.54 bits per heavy atom. The average molecular weight is 370 g/mol. The van der Waals surface area contributed by atoms with Gasteiger partial charge >= 0.3 is 5.97 Å². The molecule has 134 valence electrons. The number of para-hydroxylation sites is 1. The number of aliphatic carboxylic acids is 1. The number of carboxylic acids is 1. The highest BCUT2D eigenvalue weighted by Crippen LogP contribution is 2.38. The van der Waals surface area contributed by atoms with Gasteiger partial charge in [-0.25, -0.2) is 4.79 Å². The topological polar surface area (TPSA) is 59.4 Å². The number of carboxylic acid groups (broad SMARTS) is 1. The van der Waals surface area contributed by atoms with E-state index < -0.39 is 17.5 Å². The molecule has 1 heterocycles. The molecule has 1 N–H and O–H groups in total. The van der Waals surface area contributed by atoms with E-state index in [4.69, 9.17) is 16.3 Å². The van der Waals surface area contributed by atoms with E-state index in [1.807, 2.05) is 51.1 Å². The summed E-state index contributed by atoms with van der Waals surface area (Å²) in [7, 11) is 0. The number of rotatable bonds is 4. The minimum absolute atomic E-state index is 0.467. The highest BCUT2D eigenvalue weighted by molar-refractivity contribution is 6.31. The summed E-state index contributed by atoms with van der Waals surface area (Å²) >= 11 is 6.21. The summed E-state index contributed by atoms with van der Waals surface area (Å²) in [6.45, 7) is 5.50. The van der Waals surface area contributed by atoms with E-state index in [1.165, 1.54) is 0 Å². The van der Waals surface area contributed by atoms with Crippen LogP contribution in [0, 0.1) is 5.41 Å². The van der Waals surface area contributed by atoms with Crippen LogP contribution in [0.15, 0.2) is 54.7 Å². The van der Waals surface area contributed by atoms with Gasteiger partial charge in [0.2, 0.25) is 0 Å². The standard InChI is InChI=1S/C21H20ClNO3/c1-21(2,3)19(20(24)25)26-17-10-9-14(22)12-16(17)15-8-4-6-13-7-5-11-23-18(13)15/h4-12,19H,1-3H3,(H,24,25). The molecule has 1 unspecified atom stereocenters. The molecule has 0 aliphatic heterocycles. The molecular weight excluding hydrogens is 350 g/mol. The minimum atomic E-state index is -1.01. The molecule has 0 bridgehead atoms. The van der Waals surface area contributed by atoms with E-state index in [0.29, 0.717) is 10.8 Å². The van der Waals surface area contributed by atoms with E-state index in [9.17, 15) is 9.90 Å². The number of ether oxygens (including phenoxy) is 1. The lowest BCUT2D eigenvalue weighted by Crippen LogP contribution is -2.39. The third kappa shape index (κ3) is 3.65. The fourth-order valence-electron chi connectivity index (χ4n) is 2.86. The zero-order valence-corrected chi connectivity index (χ0v) is 15.6. The van der Waals surface area contributed by atoms with Crippen molar-refractivity contribution >= 4 is 28.5 Å². The minimum Gasteiger partial charge on any atom is -0.478 e. The summed E-state index contributed by atoms with van der Waals surface area (Å²) in [6.07, 6.45) is 0.733. The zero-order chi connectivity index (χ0) is 18.9. The molecule has 1 atom stereocenters. The number of hydrogen-bond donors (Lipinski definition) is 1. The first-order valence-corrected chi connectivity index (χ1v) is 8.68. The second-order valence-electron chi connectivity index (χ2n) is 7.22. The summed E-state index contributed by atoms with van der Waals surface area (Å²) in [5, 5.41) is 11.1. The molecule has 0 radical (unpaired) electrons. The largest absolute Gasteiger partial charge is 0.478 e. The van der Waals surface area contributed by atoms with Gasteiger partial charge in [-0.1, -0.05) is 56.6 Å². The Bertz CT molecular complexity index is 958. The van der Waals surface area contributed by atoms with Gasteiger partial charge in [0.05, 0.1) is 5.52 Å². The highest BCUT2D eigenvalue weighted by Gasteiger charge is 2.34. The van der Waals surface area contributed by atoms with Crippen molar-refractivity contribution in [2.75, 3.05) is 0 Å². The van der Waals surface area contributed by atoms with Crippen molar-refractivity contribution in [2.24, 2.45) is 5.41 Å². The second kappa shape index (κ2) is 6.96. The van der Waals surface area contributed by atoms with Crippen LogP contribution in [0.25, 0.3) is 22.0 Å². The quantitative estimate of drug-likeness (QED) is 0.665. The average Bonchev–Trinajstić information content (AvgIpc) is 2.58. The maximum Gasteiger partial charge on any atom is 0.345 e. The van der Waals surface area contributed by atoms with Crippen molar-refractivity contribution in [2.45, 2.75) is 26.9 Å². The molecule has 5 heteroatoms. The Morgan fingerprint density at radius 2 is 1.85 bits per heavy atom. The van der Waals surface area contributed by atoms with E-state index in [0.717, 1.165) is 22.0 Å². The lowest BCUT2D eigenvalue weighted by Gasteiger charge is -2.28. The molecule has 3 rings (SSSR count). The maximum atomic E-state index is 11.7. The number of pyridine rings is 1. The predicted octanol–water partition coefficient (Wildman–Crippen LogP) is 5.43. The van der Waals surface area contributed by atoms with Crippen LogP contribution in [0.4, 0.5) is 0 Å². The highest BCUT2D eigenvalue weighted by atomic mass is 35.5. The molecule has 0 saturated carbocycles. The van der Waals surface area contributed by atoms with Gasteiger partial charge in [-0.2, -0.15) is 0 Å². The van der Waals surface area contributed by atoms with Crippen molar-refractivity contribution in [3.8, 4) is 16.9 Å². The van der Waals surface area contributed by atoms with Crippen molar-refractivity contribution in [3.63, 3.8) is 0 Å². The summed E-state index contributed by atoms with van der Waals surface area (Å²) in [4.78, 5) is 16.2. The number of benzene rings is 2. The molecule has 0 fully saturated rings. The van der Waals surface area contributed by atoms with Gasteiger partial charge in [-0.05, 0) is 24.3 Å². The van der Waals surface area contributed by atoms with Crippen LogP contribution in [0.1, 0.15) is 20.8 Å². The molecule has 0 spiro atoms. The fourth-order valence-corrected chi connectivity index (χ4v) is 3.03. The first-order chi connectivity index (χ1) is 12.3. The molecule has 0 aliphatic carbocycles. The first kappa shape index (κ1) is 18.2. The maximum absolute atomic E-state index is 11.7. The van der Waals surface area contributed by atoms with Gasteiger partial charge in [0.15, 0.2) is 6.10 Å². The van der Waals surface area contributed by atoms with Crippen LogP contribution in [-0.2, 0) is 4.79 Å². The molecule has 3 aromatic rings. The molecular formula is C21H20ClNO3. The monoisotopic (exact) mass is 369 g/mol. The summed E-state index contributed by atoms with van der Waals surface area (Å²) in [6, 6.07) is 14.9. The fraction of sp³-hybridized carbons (Fsp3) is 0.238. The van der Waals surface area contributed by atoms with E-state index >= 15 is 0 Å². The van der Waals surface area contributed by atoms with Crippen LogP contribution >= 0.6 is 11.6 Å². The Hall–Kier alpha value is -2.59. The third-order valence-electron chi connectivity index (χ3n) is 4.12. The summed E-state index contributed by atoms with van der Waals surface area (Å²) in [5.74, 6) is -0.538. The Labute approximate surface area is 157 Å². The molecule has 0 amide bonds. The first-order valence-electron chi connectivity index (χ1n) is 8.30. The summed E-state index contributed by atoms with van der Waals surface area (Å²) < 4.78 is 5.94. The number of aromatic nitrogens is 1. The molecule has 4 nitrogen and oxygen atoms in total. The number of carbonyl (C=O) groups is 1. The second-order valence-corrected chi connectivity index (χ2v) is 7.66. The SMILES string of the molecule is CC(C)(C)C(Oc1ccc(Cl)cc1-c1cccc2cccnc12)C(=O)O. The molecule has 1 aromatic heterocycles. The van der Waals surface area contributed by atoms with E-state index in [2.05, 4.69) is 4.98 Å². The van der Waals surface area contributed by atoms with Gasteiger partial charge in [0.1, 0.15) is 5.75 Å². The number of nitrogens with zero attached hydrogens (tertiary/aromatic N) is 1. The van der Waals surface area contributed by atoms with Gasteiger partial charge in [0, 0.05) is 33.1 Å². The van der Waals surface area contributed by atoms with Crippen LogP contribution in [0.3, 0.4) is 0 Å². The number of halogens is 1. The van der Waals surface area contributed by atoms with Crippen molar-refractivity contribution in [3.05, 3.63) is 59.8 Å². The van der Waals surface area contributed by atoms with Crippen molar-refractivity contribution < 1.29 is 14.6 Å². The van der Waals surface area contributed by atoms with Crippen LogP contribution in [-0.4, -0.2) is 22.2 Å². The van der Waals surface area contributed by atoms with Crippen LogP contribution in [0.2, 0.25) is 5.02 Å². The van der Waals surface area contributed by atoms with Gasteiger partial charge in [-0.15, -0.1) is 0 Å². The van der Waals surface area contributed by atoms with E-state index in [-0.39, 0.29) is 0 Å². The Morgan fingerprint density at radius 1 is 1.12 bits per heavy atom. The normalized spacial score (nSPS) is 12.8.